The molecule has 1 N–H and O–H groups in total. The van der Waals surface area contributed by atoms with Crippen molar-refractivity contribution in [2.24, 2.45) is 0 Å². The minimum Gasteiger partial charge on any atom is -0.380 e. The van der Waals surface area contributed by atoms with E-state index in [0.29, 0.717) is 18.6 Å². The third kappa shape index (κ3) is 3.15. The normalized spacial score (nSPS) is 30.4. The number of piperidine rings is 1. The molecule has 20 heavy (non-hydrogen) atoms. The molecule has 3 fully saturated rings. The molecule has 3 aliphatic heterocycles. The molecule has 0 aromatic rings. The van der Waals surface area contributed by atoms with Crippen molar-refractivity contribution < 1.29 is 9.53 Å². The number of ether oxygens (including phenoxy) is 1. The molecule has 0 radical (unpaired) electrons. The lowest BCUT2D eigenvalue weighted by Gasteiger charge is -2.37. The molecule has 3 heterocycles. The number of hydrogen-bond acceptors (Lipinski definition) is 4. The van der Waals surface area contributed by atoms with Gasteiger partial charge in [-0.05, 0) is 51.7 Å². The minimum absolute atomic E-state index is 0.135. The summed E-state index contributed by atoms with van der Waals surface area (Å²) in [5.74, 6) is 0.353. The molecule has 1 atom stereocenters. The van der Waals surface area contributed by atoms with Crippen LogP contribution in [0.4, 0.5) is 0 Å². The molecule has 3 saturated heterocycles. The largest absolute Gasteiger partial charge is 0.380 e. The second-order valence-corrected chi connectivity index (χ2v) is 6.17. The molecule has 5 heteroatoms. The maximum Gasteiger partial charge on any atom is 0.240 e. The molecule has 3 aliphatic rings. The van der Waals surface area contributed by atoms with Crippen molar-refractivity contribution in [1.29, 1.82) is 0 Å². The summed E-state index contributed by atoms with van der Waals surface area (Å²) in [5.41, 5.74) is 0. The molecule has 114 valence electrons. The van der Waals surface area contributed by atoms with E-state index in [1.54, 1.807) is 0 Å². The molecule has 0 spiro atoms. The zero-order chi connectivity index (χ0) is 13.8. The molecule has 1 amide bonds. The van der Waals surface area contributed by atoms with Crippen LogP contribution in [0.25, 0.3) is 0 Å². The van der Waals surface area contributed by atoms with E-state index in [0.717, 1.165) is 52.2 Å². The van der Waals surface area contributed by atoms with Crippen LogP contribution >= 0.6 is 0 Å². The fraction of sp³-hybridized carbons (Fsp3) is 0.933. The summed E-state index contributed by atoms with van der Waals surface area (Å²) in [6.07, 6.45) is 5.57. The van der Waals surface area contributed by atoms with Gasteiger partial charge in [0, 0.05) is 25.7 Å². The van der Waals surface area contributed by atoms with E-state index in [1.807, 2.05) is 4.90 Å². The van der Waals surface area contributed by atoms with E-state index in [1.165, 1.54) is 19.3 Å². The summed E-state index contributed by atoms with van der Waals surface area (Å²) in [7, 11) is 0. The number of hydrogen-bond donors (Lipinski definition) is 1. The Hall–Kier alpha value is -0.650. The molecule has 0 saturated carbocycles. The Bertz CT molecular complexity index is 323. The highest BCUT2D eigenvalue weighted by molar-refractivity contribution is 5.82. The van der Waals surface area contributed by atoms with Gasteiger partial charge >= 0.3 is 0 Å². The highest BCUT2D eigenvalue weighted by atomic mass is 16.5. The smallest absolute Gasteiger partial charge is 0.240 e. The maximum absolute atomic E-state index is 12.8. The molecule has 0 aromatic carbocycles. The van der Waals surface area contributed by atoms with Gasteiger partial charge in [0.2, 0.25) is 5.91 Å². The Kier molecular flexibility index (Phi) is 4.91. The zero-order valence-electron chi connectivity index (χ0n) is 12.4. The van der Waals surface area contributed by atoms with Crippen LogP contribution in [-0.2, 0) is 9.53 Å². The van der Waals surface area contributed by atoms with Crippen molar-refractivity contribution >= 4 is 5.91 Å². The van der Waals surface area contributed by atoms with E-state index < -0.39 is 0 Å². The standard InChI is InChI=1S/C15H27N3O2/c19-15(17-8-2-11-20-12-10-17)14-3-1-9-18(14)13-4-6-16-7-5-13/h13-14,16H,1-12H2. The highest BCUT2D eigenvalue weighted by Crippen LogP contribution is 2.26. The Labute approximate surface area is 121 Å². The summed E-state index contributed by atoms with van der Waals surface area (Å²) in [6, 6.07) is 0.743. The van der Waals surface area contributed by atoms with Crippen LogP contribution in [-0.4, -0.2) is 73.7 Å². The predicted octanol–water partition coefficient (Wildman–Crippen LogP) is 0.452. The van der Waals surface area contributed by atoms with Crippen LogP contribution in [0.2, 0.25) is 0 Å². The first-order valence-electron chi connectivity index (χ1n) is 8.19. The molecular weight excluding hydrogens is 254 g/mol. The lowest BCUT2D eigenvalue weighted by molar-refractivity contribution is -0.137. The second kappa shape index (κ2) is 6.87. The lowest BCUT2D eigenvalue weighted by atomic mass is 10.0. The van der Waals surface area contributed by atoms with Crippen LogP contribution in [0.5, 0.6) is 0 Å². The first-order chi connectivity index (χ1) is 9.86. The predicted molar refractivity (Wildman–Crippen MR) is 77.6 cm³/mol. The first-order valence-corrected chi connectivity index (χ1v) is 8.19. The van der Waals surface area contributed by atoms with Gasteiger partial charge in [-0.2, -0.15) is 0 Å². The van der Waals surface area contributed by atoms with Crippen molar-refractivity contribution in [2.45, 2.75) is 44.2 Å². The molecular formula is C15H27N3O2. The fourth-order valence-electron chi connectivity index (χ4n) is 3.81. The average molecular weight is 281 g/mol. The maximum atomic E-state index is 12.8. The highest BCUT2D eigenvalue weighted by Gasteiger charge is 2.37. The SMILES string of the molecule is O=C(C1CCCN1C1CCNCC1)N1CCCOCC1. The lowest BCUT2D eigenvalue weighted by Crippen LogP contribution is -2.52. The second-order valence-electron chi connectivity index (χ2n) is 6.17. The summed E-state index contributed by atoms with van der Waals surface area (Å²) < 4.78 is 5.46. The minimum atomic E-state index is 0.135. The van der Waals surface area contributed by atoms with Crippen molar-refractivity contribution in [3.05, 3.63) is 0 Å². The average Bonchev–Trinajstić information content (AvgIpc) is 2.82. The third-order valence-electron chi connectivity index (χ3n) is 4.89. The van der Waals surface area contributed by atoms with Gasteiger partial charge in [0.1, 0.15) is 0 Å². The summed E-state index contributed by atoms with van der Waals surface area (Å²) in [6.45, 7) is 6.44. The van der Waals surface area contributed by atoms with Gasteiger partial charge in [0.25, 0.3) is 0 Å². The number of carbonyl (C=O) groups excluding carboxylic acids is 1. The van der Waals surface area contributed by atoms with Gasteiger partial charge in [-0.3, -0.25) is 9.69 Å². The van der Waals surface area contributed by atoms with E-state index in [2.05, 4.69) is 10.2 Å². The van der Waals surface area contributed by atoms with Crippen LogP contribution in [0.1, 0.15) is 32.1 Å². The molecule has 1 unspecified atom stereocenters. The number of carbonyl (C=O) groups is 1. The van der Waals surface area contributed by atoms with Crippen LogP contribution < -0.4 is 5.32 Å². The first kappa shape index (κ1) is 14.3. The van der Waals surface area contributed by atoms with Gasteiger partial charge in [-0.25, -0.2) is 0 Å². The van der Waals surface area contributed by atoms with E-state index >= 15 is 0 Å². The topological polar surface area (TPSA) is 44.8 Å². The van der Waals surface area contributed by atoms with Crippen molar-refractivity contribution in [3.8, 4) is 0 Å². The van der Waals surface area contributed by atoms with Gasteiger partial charge in [-0.15, -0.1) is 0 Å². The quantitative estimate of drug-likeness (QED) is 0.798. The molecule has 0 bridgehead atoms. The Morgan fingerprint density at radius 2 is 1.85 bits per heavy atom. The number of nitrogens with zero attached hydrogens (tertiary/aromatic N) is 2. The molecule has 0 aromatic heterocycles. The van der Waals surface area contributed by atoms with E-state index in [4.69, 9.17) is 4.74 Å². The van der Waals surface area contributed by atoms with Crippen LogP contribution in [0.3, 0.4) is 0 Å². The third-order valence-corrected chi connectivity index (χ3v) is 4.89. The molecule has 0 aliphatic carbocycles. The Morgan fingerprint density at radius 1 is 1.00 bits per heavy atom. The van der Waals surface area contributed by atoms with E-state index in [-0.39, 0.29) is 6.04 Å². The Morgan fingerprint density at radius 3 is 2.70 bits per heavy atom. The number of amides is 1. The Balaban J connectivity index is 1.62. The molecule has 3 rings (SSSR count). The van der Waals surface area contributed by atoms with Gasteiger partial charge < -0.3 is 15.0 Å². The van der Waals surface area contributed by atoms with Crippen molar-refractivity contribution in [1.82, 2.24) is 15.1 Å². The van der Waals surface area contributed by atoms with Crippen LogP contribution in [0.15, 0.2) is 0 Å². The van der Waals surface area contributed by atoms with Crippen molar-refractivity contribution in [2.75, 3.05) is 45.9 Å². The summed E-state index contributed by atoms with van der Waals surface area (Å²) in [5, 5.41) is 3.42. The zero-order valence-corrected chi connectivity index (χ0v) is 12.4. The molecule has 5 nitrogen and oxygen atoms in total. The summed E-state index contributed by atoms with van der Waals surface area (Å²) >= 11 is 0. The van der Waals surface area contributed by atoms with Gasteiger partial charge in [0.05, 0.1) is 12.6 Å². The van der Waals surface area contributed by atoms with Crippen molar-refractivity contribution in [3.63, 3.8) is 0 Å². The van der Waals surface area contributed by atoms with E-state index in [9.17, 15) is 4.79 Å². The van der Waals surface area contributed by atoms with Gasteiger partial charge in [-0.1, -0.05) is 0 Å². The van der Waals surface area contributed by atoms with Crippen LogP contribution in [0, 0.1) is 0 Å². The summed E-state index contributed by atoms with van der Waals surface area (Å²) in [4.78, 5) is 17.4. The van der Waals surface area contributed by atoms with Gasteiger partial charge in [0.15, 0.2) is 0 Å². The number of likely N-dealkylation sites (tertiary alicyclic amines) is 1. The fourth-order valence-corrected chi connectivity index (χ4v) is 3.81. The number of nitrogens with one attached hydrogen (secondary N) is 1. The number of rotatable bonds is 2. The monoisotopic (exact) mass is 281 g/mol.